The Hall–Kier alpha value is -3.71. The van der Waals surface area contributed by atoms with Crippen molar-refractivity contribution in [2.75, 3.05) is 5.32 Å². The zero-order valence-electron chi connectivity index (χ0n) is 14.4. The molecule has 4 rings (SSSR count). The normalized spacial score (nSPS) is 10.6. The van der Waals surface area contributed by atoms with Gasteiger partial charge in [-0.25, -0.2) is 4.98 Å². The van der Waals surface area contributed by atoms with Crippen molar-refractivity contribution in [1.29, 1.82) is 0 Å². The van der Waals surface area contributed by atoms with Crippen molar-refractivity contribution in [1.82, 2.24) is 9.97 Å². The van der Waals surface area contributed by atoms with E-state index in [1.807, 2.05) is 30.3 Å². The van der Waals surface area contributed by atoms with E-state index in [1.54, 1.807) is 36.4 Å². The first-order valence-corrected chi connectivity index (χ1v) is 8.66. The molecule has 0 aliphatic carbocycles. The van der Waals surface area contributed by atoms with Crippen LogP contribution in [0.5, 0.6) is 11.6 Å². The number of fused-ring (bicyclic) bond motifs is 1. The molecule has 4 aromatic rings. The minimum Gasteiger partial charge on any atom is -0.434 e. The maximum absolute atomic E-state index is 11.7. The molecular formula is C20H13ClN4O3. The SMILES string of the molecule is O=[N+]([O-])c1c(Nc2ccc(Cl)cc2)ncnc1Oc1ccc2ccccc2c1. The number of nitro groups is 1. The van der Waals surface area contributed by atoms with E-state index in [4.69, 9.17) is 16.3 Å². The lowest BCUT2D eigenvalue weighted by atomic mass is 10.1. The van der Waals surface area contributed by atoms with E-state index in [1.165, 1.54) is 6.33 Å². The first-order valence-electron chi connectivity index (χ1n) is 8.29. The Bertz CT molecular complexity index is 1170. The maximum atomic E-state index is 11.7. The van der Waals surface area contributed by atoms with Gasteiger partial charge in [-0.1, -0.05) is 41.9 Å². The van der Waals surface area contributed by atoms with Gasteiger partial charge in [-0.15, -0.1) is 0 Å². The third-order valence-corrected chi connectivity index (χ3v) is 4.27. The molecule has 1 heterocycles. The average Bonchev–Trinajstić information content (AvgIpc) is 2.69. The highest BCUT2D eigenvalue weighted by atomic mass is 35.5. The van der Waals surface area contributed by atoms with Crippen LogP contribution in [0.1, 0.15) is 0 Å². The number of anilines is 2. The van der Waals surface area contributed by atoms with Crippen LogP contribution in [0.3, 0.4) is 0 Å². The van der Waals surface area contributed by atoms with Crippen molar-refractivity contribution in [2.45, 2.75) is 0 Å². The van der Waals surface area contributed by atoms with E-state index in [2.05, 4.69) is 15.3 Å². The van der Waals surface area contributed by atoms with Gasteiger partial charge in [-0.2, -0.15) is 4.98 Å². The predicted molar refractivity (Wildman–Crippen MR) is 107 cm³/mol. The number of benzene rings is 3. The van der Waals surface area contributed by atoms with Crippen LogP contribution < -0.4 is 10.1 Å². The van der Waals surface area contributed by atoms with Gasteiger partial charge >= 0.3 is 11.6 Å². The molecule has 28 heavy (non-hydrogen) atoms. The van der Waals surface area contributed by atoms with Crippen LogP contribution >= 0.6 is 11.6 Å². The Morgan fingerprint density at radius 2 is 1.71 bits per heavy atom. The fourth-order valence-corrected chi connectivity index (χ4v) is 2.83. The summed E-state index contributed by atoms with van der Waals surface area (Å²) < 4.78 is 5.72. The number of aromatic nitrogens is 2. The maximum Gasteiger partial charge on any atom is 0.373 e. The van der Waals surface area contributed by atoms with Gasteiger partial charge in [0.15, 0.2) is 0 Å². The smallest absolute Gasteiger partial charge is 0.373 e. The van der Waals surface area contributed by atoms with Crippen molar-refractivity contribution in [3.05, 3.63) is 88.2 Å². The lowest BCUT2D eigenvalue weighted by molar-refractivity contribution is -0.385. The third kappa shape index (κ3) is 3.70. The van der Waals surface area contributed by atoms with Gasteiger partial charge in [0, 0.05) is 10.7 Å². The Kier molecular flexibility index (Phi) is 4.74. The molecule has 0 unspecified atom stereocenters. The Labute approximate surface area is 164 Å². The number of halogens is 1. The second-order valence-corrected chi connectivity index (χ2v) is 6.31. The lowest BCUT2D eigenvalue weighted by Gasteiger charge is -2.10. The predicted octanol–water partition coefficient (Wildman–Crippen LogP) is 5.73. The number of hydrogen-bond acceptors (Lipinski definition) is 6. The second kappa shape index (κ2) is 7.50. The number of ether oxygens (including phenoxy) is 1. The summed E-state index contributed by atoms with van der Waals surface area (Å²) >= 11 is 5.87. The number of rotatable bonds is 5. The quantitative estimate of drug-likeness (QED) is 0.344. The second-order valence-electron chi connectivity index (χ2n) is 5.88. The standard InChI is InChI=1S/C20H13ClN4O3/c21-15-6-8-16(9-7-15)24-19-18(25(26)27)20(23-12-22-19)28-17-10-5-13-3-1-2-4-14(13)11-17/h1-12H,(H,22,23,24). The minimum atomic E-state index is -0.575. The topological polar surface area (TPSA) is 90.2 Å². The summed E-state index contributed by atoms with van der Waals surface area (Å²) in [5.41, 5.74) is 0.244. The lowest BCUT2D eigenvalue weighted by Crippen LogP contribution is -2.03. The summed E-state index contributed by atoms with van der Waals surface area (Å²) in [6.07, 6.45) is 1.21. The number of nitrogens with zero attached hydrogens (tertiary/aromatic N) is 3. The molecule has 0 atom stereocenters. The minimum absolute atomic E-state index is 0.0260. The van der Waals surface area contributed by atoms with Crippen molar-refractivity contribution < 1.29 is 9.66 Å². The summed E-state index contributed by atoms with van der Waals surface area (Å²) in [5.74, 6) is 0.322. The van der Waals surface area contributed by atoms with Gasteiger partial charge < -0.3 is 10.1 Å². The van der Waals surface area contributed by atoms with E-state index < -0.39 is 4.92 Å². The molecule has 8 heteroatoms. The molecule has 0 aliphatic heterocycles. The molecule has 3 aromatic carbocycles. The summed E-state index contributed by atoms with van der Waals surface area (Å²) in [6.45, 7) is 0. The number of hydrogen-bond donors (Lipinski definition) is 1. The summed E-state index contributed by atoms with van der Waals surface area (Å²) in [5, 5.41) is 17.1. The summed E-state index contributed by atoms with van der Waals surface area (Å²) in [6, 6.07) is 19.9. The van der Waals surface area contributed by atoms with E-state index >= 15 is 0 Å². The van der Waals surface area contributed by atoms with Crippen LogP contribution in [0.15, 0.2) is 73.1 Å². The molecule has 7 nitrogen and oxygen atoms in total. The molecule has 0 saturated carbocycles. The fourth-order valence-electron chi connectivity index (χ4n) is 2.71. The van der Waals surface area contributed by atoms with Crippen molar-refractivity contribution in [3.63, 3.8) is 0 Å². The van der Waals surface area contributed by atoms with E-state index in [0.29, 0.717) is 16.5 Å². The monoisotopic (exact) mass is 392 g/mol. The van der Waals surface area contributed by atoms with Crippen molar-refractivity contribution in [3.8, 4) is 11.6 Å². The average molecular weight is 393 g/mol. The van der Waals surface area contributed by atoms with Crippen molar-refractivity contribution in [2.24, 2.45) is 0 Å². The zero-order chi connectivity index (χ0) is 19.5. The molecule has 0 aliphatic rings. The van der Waals surface area contributed by atoms with Crippen LogP contribution in [0.2, 0.25) is 5.02 Å². The van der Waals surface area contributed by atoms with Gasteiger partial charge in [0.1, 0.15) is 12.1 Å². The van der Waals surface area contributed by atoms with E-state index in [-0.39, 0.29) is 17.4 Å². The first-order chi connectivity index (χ1) is 13.6. The van der Waals surface area contributed by atoms with Gasteiger partial charge in [-0.05, 0) is 47.2 Å². The number of nitrogens with one attached hydrogen (secondary N) is 1. The highest BCUT2D eigenvalue weighted by molar-refractivity contribution is 6.30. The molecule has 0 bridgehead atoms. The molecular weight excluding hydrogens is 380 g/mol. The Morgan fingerprint density at radius 3 is 2.46 bits per heavy atom. The highest BCUT2D eigenvalue weighted by Crippen LogP contribution is 2.36. The molecule has 1 aromatic heterocycles. The van der Waals surface area contributed by atoms with Crippen LogP contribution in [0, 0.1) is 10.1 Å². The van der Waals surface area contributed by atoms with Gasteiger partial charge in [-0.3, -0.25) is 10.1 Å². The molecule has 1 N–H and O–H groups in total. The Morgan fingerprint density at radius 1 is 0.964 bits per heavy atom. The molecule has 138 valence electrons. The van der Waals surface area contributed by atoms with Gasteiger partial charge in [0.25, 0.3) is 0 Å². The highest BCUT2D eigenvalue weighted by Gasteiger charge is 2.25. The molecule has 0 saturated heterocycles. The largest absolute Gasteiger partial charge is 0.434 e. The van der Waals surface area contributed by atoms with Crippen LogP contribution in [0.4, 0.5) is 17.2 Å². The van der Waals surface area contributed by atoms with Crippen LogP contribution in [-0.2, 0) is 0 Å². The summed E-state index contributed by atoms with van der Waals surface area (Å²) in [7, 11) is 0. The van der Waals surface area contributed by atoms with Crippen LogP contribution in [-0.4, -0.2) is 14.9 Å². The zero-order valence-corrected chi connectivity index (χ0v) is 15.1. The van der Waals surface area contributed by atoms with E-state index in [0.717, 1.165) is 10.8 Å². The third-order valence-electron chi connectivity index (χ3n) is 4.01. The molecule has 0 spiro atoms. The van der Waals surface area contributed by atoms with Crippen LogP contribution in [0.25, 0.3) is 10.8 Å². The van der Waals surface area contributed by atoms with Gasteiger partial charge in [0.2, 0.25) is 5.82 Å². The molecule has 0 radical (unpaired) electrons. The molecule has 0 amide bonds. The van der Waals surface area contributed by atoms with E-state index in [9.17, 15) is 10.1 Å². The van der Waals surface area contributed by atoms with Crippen molar-refractivity contribution >= 4 is 39.6 Å². The molecule has 0 fully saturated rings. The summed E-state index contributed by atoms with van der Waals surface area (Å²) in [4.78, 5) is 19.0. The van der Waals surface area contributed by atoms with Gasteiger partial charge in [0.05, 0.1) is 4.92 Å². The fraction of sp³-hybridized carbons (Fsp3) is 0. The first kappa shape index (κ1) is 17.7. The Balaban J connectivity index is 1.69.